The van der Waals surface area contributed by atoms with Crippen molar-refractivity contribution in [3.05, 3.63) is 17.4 Å². The molecule has 2 rings (SSSR count). The van der Waals surface area contributed by atoms with E-state index in [1.807, 2.05) is 11.8 Å². The number of nitrogens with one attached hydrogen (secondary N) is 1. The van der Waals surface area contributed by atoms with Gasteiger partial charge in [0, 0.05) is 11.8 Å². The molecule has 3 nitrogen and oxygen atoms in total. The molecule has 0 radical (unpaired) electrons. The van der Waals surface area contributed by atoms with E-state index in [1.54, 1.807) is 12.4 Å². The molecule has 1 fully saturated rings. The van der Waals surface area contributed by atoms with Crippen molar-refractivity contribution in [2.24, 2.45) is 0 Å². The van der Waals surface area contributed by atoms with E-state index in [4.69, 9.17) is 11.6 Å². The first-order valence-electron chi connectivity index (χ1n) is 4.67. The molecule has 1 aromatic heterocycles. The molecule has 0 amide bonds. The zero-order chi connectivity index (χ0) is 9.80. The van der Waals surface area contributed by atoms with Crippen molar-refractivity contribution < 1.29 is 0 Å². The second kappa shape index (κ2) is 4.84. The van der Waals surface area contributed by atoms with Crippen LogP contribution in [0.2, 0.25) is 5.02 Å². The Hall–Kier alpha value is -0.480. The minimum absolute atomic E-state index is 0.575. The van der Waals surface area contributed by atoms with E-state index >= 15 is 0 Å². The maximum Gasteiger partial charge on any atom is 0.222 e. The normalized spacial score (nSPS) is 21.1. The molecule has 76 valence electrons. The van der Waals surface area contributed by atoms with Gasteiger partial charge in [0.1, 0.15) is 0 Å². The lowest BCUT2D eigenvalue weighted by atomic mass is 10.2. The Kier molecular flexibility index (Phi) is 3.48. The van der Waals surface area contributed by atoms with E-state index in [-0.39, 0.29) is 0 Å². The minimum Gasteiger partial charge on any atom is -0.353 e. The smallest absolute Gasteiger partial charge is 0.222 e. The Balaban J connectivity index is 1.82. The molecule has 14 heavy (non-hydrogen) atoms. The second-order valence-corrected chi connectivity index (χ2v) is 5.09. The standard InChI is InChI=1S/C9H12ClN3S/c10-7-4-11-9(12-5-7)13-6-8-2-1-3-14-8/h4-5,8H,1-3,6H2,(H,11,12,13). The summed E-state index contributed by atoms with van der Waals surface area (Å²) in [6.45, 7) is 0.951. The number of halogens is 1. The van der Waals surface area contributed by atoms with E-state index in [1.165, 1.54) is 18.6 Å². The lowest BCUT2D eigenvalue weighted by Crippen LogP contribution is -2.15. The topological polar surface area (TPSA) is 37.8 Å². The van der Waals surface area contributed by atoms with Crippen molar-refractivity contribution in [3.8, 4) is 0 Å². The maximum absolute atomic E-state index is 5.68. The Bertz CT molecular complexity index is 285. The highest BCUT2D eigenvalue weighted by molar-refractivity contribution is 8.00. The molecule has 0 spiro atoms. The van der Waals surface area contributed by atoms with Gasteiger partial charge in [-0.1, -0.05) is 11.6 Å². The molecule has 1 N–H and O–H groups in total. The van der Waals surface area contributed by atoms with Crippen molar-refractivity contribution in [2.45, 2.75) is 18.1 Å². The lowest BCUT2D eigenvalue weighted by molar-refractivity contribution is 0.800. The number of thioether (sulfide) groups is 1. The summed E-state index contributed by atoms with van der Waals surface area (Å²) in [5, 5.41) is 4.50. The van der Waals surface area contributed by atoms with Crippen LogP contribution < -0.4 is 5.32 Å². The van der Waals surface area contributed by atoms with Crippen molar-refractivity contribution >= 4 is 29.3 Å². The summed E-state index contributed by atoms with van der Waals surface area (Å²) in [4.78, 5) is 8.15. The van der Waals surface area contributed by atoms with Gasteiger partial charge in [0.25, 0.3) is 0 Å². The first-order chi connectivity index (χ1) is 6.84. The van der Waals surface area contributed by atoms with Gasteiger partial charge in [-0.25, -0.2) is 9.97 Å². The van der Waals surface area contributed by atoms with Gasteiger partial charge in [-0.3, -0.25) is 0 Å². The molecule has 0 bridgehead atoms. The first kappa shape index (κ1) is 10.1. The van der Waals surface area contributed by atoms with E-state index in [0.717, 1.165) is 6.54 Å². The van der Waals surface area contributed by atoms with Crippen LogP contribution in [0.4, 0.5) is 5.95 Å². The number of rotatable bonds is 3. The summed E-state index contributed by atoms with van der Waals surface area (Å²) >= 11 is 7.70. The predicted octanol–water partition coefficient (Wildman–Crippen LogP) is 2.44. The molecule has 1 saturated heterocycles. The Morgan fingerprint density at radius 3 is 2.93 bits per heavy atom. The van der Waals surface area contributed by atoms with Crippen molar-refractivity contribution in [1.29, 1.82) is 0 Å². The fourth-order valence-electron chi connectivity index (χ4n) is 1.41. The molecule has 0 aliphatic carbocycles. The molecule has 1 atom stereocenters. The molecule has 0 saturated carbocycles. The van der Waals surface area contributed by atoms with E-state index in [0.29, 0.717) is 16.2 Å². The molecule has 1 aliphatic heterocycles. The first-order valence-corrected chi connectivity index (χ1v) is 6.10. The molecule has 2 heterocycles. The zero-order valence-electron chi connectivity index (χ0n) is 7.74. The van der Waals surface area contributed by atoms with E-state index in [2.05, 4.69) is 15.3 Å². The molecule has 1 aromatic rings. The van der Waals surface area contributed by atoms with Crippen LogP contribution in [-0.2, 0) is 0 Å². The summed E-state index contributed by atoms with van der Waals surface area (Å²) in [6, 6.07) is 0. The Morgan fingerprint density at radius 1 is 1.50 bits per heavy atom. The van der Waals surface area contributed by atoms with Crippen molar-refractivity contribution in [1.82, 2.24) is 9.97 Å². The maximum atomic E-state index is 5.68. The van der Waals surface area contributed by atoms with Gasteiger partial charge in [-0.2, -0.15) is 11.8 Å². The monoisotopic (exact) mass is 229 g/mol. The van der Waals surface area contributed by atoms with Gasteiger partial charge in [0.05, 0.1) is 17.4 Å². The highest BCUT2D eigenvalue weighted by Crippen LogP contribution is 2.25. The van der Waals surface area contributed by atoms with Crippen LogP contribution in [0, 0.1) is 0 Å². The largest absolute Gasteiger partial charge is 0.353 e. The number of hydrogen-bond acceptors (Lipinski definition) is 4. The van der Waals surface area contributed by atoms with Gasteiger partial charge >= 0.3 is 0 Å². The number of hydrogen-bond donors (Lipinski definition) is 1. The lowest BCUT2D eigenvalue weighted by Gasteiger charge is -2.09. The predicted molar refractivity (Wildman–Crippen MR) is 61.0 cm³/mol. The summed E-state index contributed by atoms with van der Waals surface area (Å²) in [5.74, 6) is 1.95. The fourth-order valence-corrected chi connectivity index (χ4v) is 2.71. The SMILES string of the molecule is Clc1cnc(NCC2CCCS2)nc1. The molecule has 1 unspecified atom stereocenters. The third-order valence-corrected chi connectivity index (χ3v) is 3.73. The summed E-state index contributed by atoms with van der Waals surface area (Å²) < 4.78 is 0. The third-order valence-electron chi connectivity index (χ3n) is 2.13. The van der Waals surface area contributed by atoms with Gasteiger partial charge in [-0.15, -0.1) is 0 Å². The van der Waals surface area contributed by atoms with Crippen LogP contribution >= 0.6 is 23.4 Å². The van der Waals surface area contributed by atoms with E-state index < -0.39 is 0 Å². The third kappa shape index (κ3) is 2.75. The summed E-state index contributed by atoms with van der Waals surface area (Å²) in [7, 11) is 0. The highest BCUT2D eigenvalue weighted by atomic mass is 35.5. The fraction of sp³-hybridized carbons (Fsp3) is 0.556. The molecule has 5 heteroatoms. The van der Waals surface area contributed by atoms with Crippen molar-refractivity contribution in [3.63, 3.8) is 0 Å². The molecular weight excluding hydrogens is 218 g/mol. The van der Waals surface area contributed by atoms with Crippen LogP contribution in [0.3, 0.4) is 0 Å². The summed E-state index contributed by atoms with van der Waals surface area (Å²) in [6.07, 6.45) is 5.85. The van der Waals surface area contributed by atoms with Crippen LogP contribution in [-0.4, -0.2) is 27.5 Å². The van der Waals surface area contributed by atoms with Gasteiger partial charge in [-0.05, 0) is 18.6 Å². The minimum atomic E-state index is 0.575. The van der Waals surface area contributed by atoms with Crippen molar-refractivity contribution in [2.75, 3.05) is 17.6 Å². The van der Waals surface area contributed by atoms with Crippen LogP contribution in [0.25, 0.3) is 0 Å². The number of nitrogens with zero attached hydrogens (tertiary/aromatic N) is 2. The Labute approximate surface area is 92.7 Å². The van der Waals surface area contributed by atoms with Crippen LogP contribution in [0.1, 0.15) is 12.8 Å². The molecule has 0 aromatic carbocycles. The van der Waals surface area contributed by atoms with E-state index in [9.17, 15) is 0 Å². The highest BCUT2D eigenvalue weighted by Gasteiger charge is 2.15. The molecular formula is C9H12ClN3S. The average molecular weight is 230 g/mol. The van der Waals surface area contributed by atoms with Crippen LogP contribution in [0.15, 0.2) is 12.4 Å². The number of anilines is 1. The molecule has 1 aliphatic rings. The average Bonchev–Trinajstić information content (AvgIpc) is 2.70. The second-order valence-electron chi connectivity index (χ2n) is 3.24. The quantitative estimate of drug-likeness (QED) is 0.864. The van der Waals surface area contributed by atoms with Gasteiger partial charge in [0.15, 0.2) is 0 Å². The van der Waals surface area contributed by atoms with Gasteiger partial charge in [0.2, 0.25) is 5.95 Å². The van der Waals surface area contributed by atoms with Crippen LogP contribution in [0.5, 0.6) is 0 Å². The Morgan fingerprint density at radius 2 is 2.29 bits per heavy atom. The summed E-state index contributed by atoms with van der Waals surface area (Å²) in [5.41, 5.74) is 0. The zero-order valence-corrected chi connectivity index (χ0v) is 9.31. The number of aromatic nitrogens is 2. The van der Waals surface area contributed by atoms with Gasteiger partial charge < -0.3 is 5.32 Å².